The van der Waals surface area contributed by atoms with Gasteiger partial charge in [0.1, 0.15) is 0 Å². The van der Waals surface area contributed by atoms with Crippen LogP contribution in [0.15, 0.2) is 0 Å². The highest BCUT2D eigenvalue weighted by Gasteiger charge is 1.93. The molecule has 19 heavy (non-hydrogen) atoms. The van der Waals surface area contributed by atoms with E-state index in [4.69, 9.17) is 4.74 Å². The van der Waals surface area contributed by atoms with Crippen LogP contribution >= 0.6 is 0 Å². The van der Waals surface area contributed by atoms with Crippen molar-refractivity contribution in [3.63, 3.8) is 0 Å². The van der Waals surface area contributed by atoms with Crippen molar-refractivity contribution in [2.75, 3.05) is 39.4 Å². The van der Waals surface area contributed by atoms with E-state index in [0.29, 0.717) is 0 Å². The van der Waals surface area contributed by atoms with Crippen molar-refractivity contribution in [1.29, 1.82) is 0 Å². The van der Waals surface area contributed by atoms with Gasteiger partial charge >= 0.3 is 0 Å². The number of ether oxygens (including phenoxy) is 1. The van der Waals surface area contributed by atoms with E-state index in [-0.39, 0.29) is 0 Å². The van der Waals surface area contributed by atoms with Crippen LogP contribution in [0.2, 0.25) is 0 Å². The van der Waals surface area contributed by atoms with Crippen molar-refractivity contribution in [3.05, 3.63) is 0 Å². The molecular weight excluding hydrogens is 236 g/mol. The number of morpholine rings is 1. The highest BCUT2D eigenvalue weighted by atomic mass is 16.5. The normalized spacial score (nSPS) is 17.7. The van der Waals surface area contributed by atoms with E-state index in [1.807, 2.05) is 0 Å². The zero-order valence-electron chi connectivity index (χ0n) is 14.2. The topological polar surface area (TPSA) is 33.3 Å². The monoisotopic (exact) mass is 274 g/mol. The van der Waals surface area contributed by atoms with Crippen LogP contribution in [0.25, 0.3) is 0 Å². The Morgan fingerprint density at radius 2 is 0.947 bits per heavy atom. The average molecular weight is 274 g/mol. The zero-order chi connectivity index (χ0) is 14.9. The lowest BCUT2D eigenvalue weighted by molar-refractivity contribution is 0.109. The highest BCUT2D eigenvalue weighted by Crippen LogP contribution is 1.90. The summed E-state index contributed by atoms with van der Waals surface area (Å²) < 4.78 is 5.01. The third-order valence-corrected chi connectivity index (χ3v) is 1.80. The summed E-state index contributed by atoms with van der Waals surface area (Å²) in [5.74, 6) is 1.67. The van der Waals surface area contributed by atoms with Gasteiger partial charge in [0.25, 0.3) is 0 Å². The van der Waals surface area contributed by atoms with E-state index in [2.05, 4.69) is 52.2 Å². The van der Waals surface area contributed by atoms with E-state index in [1.165, 1.54) is 25.9 Å². The zero-order valence-corrected chi connectivity index (χ0v) is 14.2. The average Bonchev–Trinajstić information content (AvgIpc) is 2.88. The van der Waals surface area contributed by atoms with Crippen molar-refractivity contribution in [2.24, 2.45) is 11.8 Å². The molecule has 0 aromatic heterocycles. The van der Waals surface area contributed by atoms with Gasteiger partial charge in [-0.2, -0.15) is 0 Å². The van der Waals surface area contributed by atoms with Crippen molar-refractivity contribution in [2.45, 2.75) is 54.4 Å². The van der Waals surface area contributed by atoms with Crippen molar-refractivity contribution in [3.8, 4) is 0 Å². The van der Waals surface area contributed by atoms with Crippen LogP contribution in [0.3, 0.4) is 0 Å². The first-order chi connectivity index (χ1) is 8.96. The van der Waals surface area contributed by atoms with Crippen LogP contribution < -0.4 is 10.6 Å². The Labute approximate surface area is 121 Å². The summed E-state index contributed by atoms with van der Waals surface area (Å²) in [4.78, 5) is 0. The molecule has 0 spiro atoms. The molecule has 0 aromatic carbocycles. The number of hydrogen-bond donors (Lipinski definition) is 2. The molecule has 0 saturated carbocycles. The first-order valence-corrected chi connectivity index (χ1v) is 7.96. The summed E-state index contributed by atoms with van der Waals surface area (Å²) >= 11 is 0. The minimum atomic E-state index is 0.833. The lowest BCUT2D eigenvalue weighted by Crippen LogP contribution is -2.30. The molecule has 2 rings (SSSR count). The third kappa shape index (κ3) is 38.1. The molecule has 2 heterocycles. The maximum atomic E-state index is 5.01. The number of rotatable bonds is 0. The lowest BCUT2D eigenvalue weighted by Gasteiger charge is -2.10. The van der Waals surface area contributed by atoms with E-state index in [9.17, 15) is 0 Å². The molecule has 0 radical (unpaired) electrons. The van der Waals surface area contributed by atoms with Gasteiger partial charge in [0.05, 0.1) is 13.2 Å². The van der Waals surface area contributed by atoms with Gasteiger partial charge in [0.15, 0.2) is 0 Å². The third-order valence-electron chi connectivity index (χ3n) is 1.80. The fraction of sp³-hybridized carbons (Fsp3) is 1.00. The quantitative estimate of drug-likeness (QED) is 0.711. The Bertz CT molecular complexity index is 111. The minimum Gasteiger partial charge on any atom is -0.379 e. The molecule has 2 fully saturated rings. The molecule has 0 atom stereocenters. The van der Waals surface area contributed by atoms with Gasteiger partial charge in [-0.1, -0.05) is 41.5 Å². The summed E-state index contributed by atoms with van der Waals surface area (Å²) in [6, 6.07) is 0. The van der Waals surface area contributed by atoms with Crippen molar-refractivity contribution >= 4 is 0 Å². The lowest BCUT2D eigenvalue weighted by atomic mass is 10.3. The Hall–Kier alpha value is -0.120. The summed E-state index contributed by atoms with van der Waals surface area (Å²) in [6.45, 7) is 19.3. The van der Waals surface area contributed by atoms with Crippen LogP contribution in [-0.4, -0.2) is 39.4 Å². The molecule has 3 heteroatoms. The summed E-state index contributed by atoms with van der Waals surface area (Å²) in [6.07, 6.45) is 2.78. The van der Waals surface area contributed by atoms with Gasteiger partial charge in [-0.05, 0) is 37.8 Å². The van der Waals surface area contributed by atoms with Crippen molar-refractivity contribution in [1.82, 2.24) is 10.6 Å². The van der Waals surface area contributed by atoms with Gasteiger partial charge in [-0.15, -0.1) is 0 Å². The van der Waals surface area contributed by atoms with Crippen LogP contribution in [-0.2, 0) is 4.74 Å². The minimum absolute atomic E-state index is 0.833. The van der Waals surface area contributed by atoms with E-state index in [0.717, 1.165) is 38.1 Å². The van der Waals surface area contributed by atoms with Gasteiger partial charge in [0, 0.05) is 13.1 Å². The molecule has 0 bridgehead atoms. The molecule has 2 aliphatic rings. The summed E-state index contributed by atoms with van der Waals surface area (Å²) in [5, 5.41) is 6.38. The van der Waals surface area contributed by atoms with E-state index < -0.39 is 0 Å². The fourth-order valence-electron chi connectivity index (χ4n) is 1.14. The molecule has 0 aromatic rings. The molecule has 2 N–H and O–H groups in total. The first kappa shape index (κ1) is 21.2. The molecule has 118 valence electrons. The van der Waals surface area contributed by atoms with E-state index in [1.54, 1.807) is 0 Å². The number of hydrogen-bond acceptors (Lipinski definition) is 3. The van der Waals surface area contributed by atoms with Gasteiger partial charge in [-0.3, -0.25) is 0 Å². The second kappa shape index (κ2) is 17.9. The van der Waals surface area contributed by atoms with Crippen LogP contribution in [0.1, 0.15) is 54.4 Å². The molecule has 2 aliphatic heterocycles. The van der Waals surface area contributed by atoms with Crippen molar-refractivity contribution < 1.29 is 4.74 Å². The predicted octanol–water partition coefficient (Wildman–Crippen LogP) is 3.30. The Balaban J connectivity index is 0. The largest absolute Gasteiger partial charge is 0.379 e. The maximum absolute atomic E-state index is 5.01. The Kier molecular flexibility index (Phi) is 19.9. The maximum Gasteiger partial charge on any atom is 0.0591 e. The second-order valence-corrected chi connectivity index (χ2v) is 6.28. The molecule has 0 amide bonds. The summed E-state index contributed by atoms with van der Waals surface area (Å²) in [5.41, 5.74) is 0. The predicted molar refractivity (Wildman–Crippen MR) is 86.8 cm³/mol. The molecule has 2 saturated heterocycles. The Morgan fingerprint density at radius 1 is 0.632 bits per heavy atom. The van der Waals surface area contributed by atoms with Crippen LogP contribution in [0.5, 0.6) is 0 Å². The number of nitrogens with one attached hydrogen (secondary N) is 2. The molecule has 0 unspecified atom stereocenters. The van der Waals surface area contributed by atoms with Gasteiger partial charge in [0.2, 0.25) is 0 Å². The van der Waals surface area contributed by atoms with E-state index >= 15 is 0 Å². The smallest absolute Gasteiger partial charge is 0.0591 e. The van der Waals surface area contributed by atoms with Gasteiger partial charge in [-0.25, -0.2) is 0 Å². The second-order valence-electron chi connectivity index (χ2n) is 6.28. The standard InChI is InChI=1S/C4H9NO.C4H9N.2C4H10/c1-3-6-4-2-5-1;1-2-4-5-3-1;2*1-4(2)3/h5H,1-4H2;5H,1-4H2;2*4H,1-3H3. The highest BCUT2D eigenvalue weighted by molar-refractivity contribution is 4.55. The molecule has 0 aliphatic carbocycles. The molecular formula is C16H38N2O. The SMILES string of the molecule is C1CCNC1.C1COCCN1.CC(C)C.CC(C)C. The van der Waals surface area contributed by atoms with Gasteiger partial charge < -0.3 is 15.4 Å². The van der Waals surface area contributed by atoms with Crippen LogP contribution in [0.4, 0.5) is 0 Å². The Morgan fingerprint density at radius 3 is 1.05 bits per heavy atom. The first-order valence-electron chi connectivity index (χ1n) is 7.96. The summed E-state index contributed by atoms with van der Waals surface area (Å²) in [7, 11) is 0. The van der Waals surface area contributed by atoms with Crippen LogP contribution in [0, 0.1) is 11.8 Å². The fourth-order valence-corrected chi connectivity index (χ4v) is 1.14. The molecule has 3 nitrogen and oxygen atoms in total.